The molecule has 1 aliphatic rings. The van der Waals surface area contributed by atoms with Gasteiger partial charge < -0.3 is 5.73 Å². The summed E-state index contributed by atoms with van der Waals surface area (Å²) in [4.78, 5) is 0. The van der Waals surface area contributed by atoms with Crippen LogP contribution >= 0.6 is 11.8 Å². The van der Waals surface area contributed by atoms with Gasteiger partial charge in [0.2, 0.25) is 0 Å². The van der Waals surface area contributed by atoms with Crippen LogP contribution < -0.4 is 5.73 Å². The van der Waals surface area contributed by atoms with Crippen LogP contribution in [0.4, 0.5) is 0 Å². The lowest BCUT2D eigenvalue weighted by molar-refractivity contribution is 0.438. The number of rotatable bonds is 7. The van der Waals surface area contributed by atoms with Crippen molar-refractivity contribution in [3.8, 4) is 0 Å². The molecule has 90 valence electrons. The second-order valence-corrected chi connectivity index (χ2v) is 6.70. The van der Waals surface area contributed by atoms with Crippen molar-refractivity contribution in [3.63, 3.8) is 0 Å². The molecule has 0 saturated carbocycles. The number of nitrogens with two attached hydrogens (primary N) is 1. The van der Waals surface area contributed by atoms with E-state index in [1.165, 1.54) is 57.1 Å². The van der Waals surface area contributed by atoms with Gasteiger partial charge in [0.25, 0.3) is 0 Å². The van der Waals surface area contributed by atoms with E-state index in [9.17, 15) is 0 Å². The summed E-state index contributed by atoms with van der Waals surface area (Å²) in [6.07, 6.45) is 10.7. The molecule has 2 N–H and O–H groups in total. The summed E-state index contributed by atoms with van der Waals surface area (Å²) < 4.78 is 0.394. The third kappa shape index (κ3) is 4.36. The van der Waals surface area contributed by atoms with Crippen LogP contribution in [-0.4, -0.2) is 16.5 Å². The van der Waals surface area contributed by atoms with Crippen molar-refractivity contribution in [1.29, 1.82) is 0 Å². The molecule has 0 aromatic carbocycles. The van der Waals surface area contributed by atoms with Crippen molar-refractivity contribution in [2.24, 2.45) is 5.73 Å². The predicted octanol–water partition coefficient (Wildman–Crippen LogP) is 3.96. The Morgan fingerprint density at radius 3 is 2.60 bits per heavy atom. The van der Waals surface area contributed by atoms with E-state index in [1.54, 1.807) is 0 Å². The van der Waals surface area contributed by atoms with Gasteiger partial charge in [0.1, 0.15) is 0 Å². The van der Waals surface area contributed by atoms with Crippen LogP contribution in [0.15, 0.2) is 0 Å². The number of thioether (sulfide) groups is 1. The van der Waals surface area contributed by atoms with Crippen LogP contribution in [0.5, 0.6) is 0 Å². The van der Waals surface area contributed by atoms with E-state index in [2.05, 4.69) is 25.6 Å². The molecule has 0 aromatic rings. The van der Waals surface area contributed by atoms with Crippen molar-refractivity contribution >= 4 is 11.8 Å². The second-order valence-electron chi connectivity index (χ2n) is 5.07. The van der Waals surface area contributed by atoms with Gasteiger partial charge in [-0.1, -0.05) is 39.0 Å². The summed E-state index contributed by atoms with van der Waals surface area (Å²) >= 11 is 2.10. The Labute approximate surface area is 99.6 Å². The van der Waals surface area contributed by atoms with Gasteiger partial charge in [0, 0.05) is 10.8 Å². The highest BCUT2D eigenvalue weighted by Gasteiger charge is 2.34. The highest BCUT2D eigenvalue weighted by Crippen LogP contribution is 2.40. The number of hydrogen-bond acceptors (Lipinski definition) is 2. The summed E-state index contributed by atoms with van der Waals surface area (Å²) in [7, 11) is 0. The first kappa shape index (κ1) is 13.4. The molecule has 0 aliphatic carbocycles. The molecule has 0 spiro atoms. The Hall–Kier alpha value is 0.310. The maximum Gasteiger partial charge on any atom is 0.0283 e. The third-order valence-corrected chi connectivity index (χ3v) is 5.31. The van der Waals surface area contributed by atoms with Gasteiger partial charge in [0.05, 0.1) is 0 Å². The molecule has 0 radical (unpaired) electrons. The minimum absolute atomic E-state index is 0.394. The van der Waals surface area contributed by atoms with Crippen LogP contribution in [0.2, 0.25) is 0 Å². The Kier molecular flexibility index (Phi) is 6.06. The summed E-state index contributed by atoms with van der Waals surface area (Å²) in [5.74, 6) is 1.32. The van der Waals surface area contributed by atoms with Crippen LogP contribution in [0, 0.1) is 0 Å². The van der Waals surface area contributed by atoms with Gasteiger partial charge in [0.15, 0.2) is 0 Å². The molecule has 1 nitrogen and oxygen atoms in total. The molecule has 0 amide bonds. The summed E-state index contributed by atoms with van der Waals surface area (Å²) in [6, 6.07) is 0.423. The summed E-state index contributed by atoms with van der Waals surface area (Å²) in [5.41, 5.74) is 6.31. The van der Waals surface area contributed by atoms with E-state index >= 15 is 0 Å². The fourth-order valence-electron chi connectivity index (χ4n) is 2.37. The molecular weight excluding hydrogens is 202 g/mol. The molecule has 2 heteroatoms. The normalized spacial score (nSPS) is 28.2. The predicted molar refractivity (Wildman–Crippen MR) is 71.4 cm³/mol. The van der Waals surface area contributed by atoms with Crippen molar-refractivity contribution in [1.82, 2.24) is 0 Å². The molecule has 1 saturated heterocycles. The summed E-state index contributed by atoms with van der Waals surface area (Å²) in [5, 5.41) is 0. The lowest BCUT2D eigenvalue weighted by Gasteiger charge is -2.30. The van der Waals surface area contributed by atoms with E-state index in [4.69, 9.17) is 5.73 Å². The smallest absolute Gasteiger partial charge is 0.0283 e. The van der Waals surface area contributed by atoms with Gasteiger partial charge in [-0.15, -0.1) is 0 Å². The average molecular weight is 229 g/mol. The maximum absolute atomic E-state index is 6.31. The Morgan fingerprint density at radius 1 is 1.27 bits per heavy atom. The Bertz CT molecular complexity index is 164. The highest BCUT2D eigenvalue weighted by molar-refractivity contribution is 8.00. The van der Waals surface area contributed by atoms with Crippen LogP contribution in [0.3, 0.4) is 0 Å². The van der Waals surface area contributed by atoms with Crippen LogP contribution in [0.25, 0.3) is 0 Å². The zero-order valence-electron chi connectivity index (χ0n) is 10.4. The molecule has 1 fully saturated rings. The second kappa shape index (κ2) is 6.80. The fraction of sp³-hybridized carbons (Fsp3) is 1.00. The standard InChI is InChI=1S/C13H27NS/c1-3-4-5-6-7-9-12(14)13(2)10-8-11-15-13/h12H,3-11,14H2,1-2H3. The van der Waals surface area contributed by atoms with E-state index in [-0.39, 0.29) is 0 Å². The molecule has 2 unspecified atom stereocenters. The van der Waals surface area contributed by atoms with Crippen molar-refractivity contribution < 1.29 is 0 Å². The van der Waals surface area contributed by atoms with E-state index in [1.807, 2.05) is 0 Å². The Balaban J connectivity index is 2.09. The largest absolute Gasteiger partial charge is 0.326 e. The van der Waals surface area contributed by atoms with Crippen molar-refractivity contribution in [2.75, 3.05) is 5.75 Å². The maximum atomic E-state index is 6.31. The monoisotopic (exact) mass is 229 g/mol. The van der Waals surface area contributed by atoms with E-state index in [0.717, 1.165) is 0 Å². The zero-order valence-corrected chi connectivity index (χ0v) is 11.2. The number of unbranched alkanes of at least 4 members (excludes halogenated alkanes) is 4. The summed E-state index contributed by atoms with van der Waals surface area (Å²) in [6.45, 7) is 4.63. The SMILES string of the molecule is CCCCCCCC(N)C1(C)CCCS1. The molecule has 1 rings (SSSR count). The quantitative estimate of drug-likeness (QED) is 0.669. The number of hydrogen-bond donors (Lipinski definition) is 1. The fourth-order valence-corrected chi connectivity index (χ4v) is 3.74. The molecule has 0 aromatic heterocycles. The third-order valence-electron chi connectivity index (χ3n) is 3.65. The highest BCUT2D eigenvalue weighted by atomic mass is 32.2. The van der Waals surface area contributed by atoms with Crippen LogP contribution in [0.1, 0.15) is 65.2 Å². The van der Waals surface area contributed by atoms with Gasteiger partial charge in [-0.3, -0.25) is 0 Å². The molecule has 1 heterocycles. The lowest BCUT2D eigenvalue weighted by Crippen LogP contribution is -2.41. The molecule has 1 aliphatic heterocycles. The van der Waals surface area contributed by atoms with Gasteiger partial charge in [-0.2, -0.15) is 11.8 Å². The van der Waals surface area contributed by atoms with Gasteiger partial charge >= 0.3 is 0 Å². The van der Waals surface area contributed by atoms with E-state index < -0.39 is 0 Å². The average Bonchev–Trinajstić information content (AvgIpc) is 2.66. The van der Waals surface area contributed by atoms with Crippen LogP contribution in [-0.2, 0) is 0 Å². The van der Waals surface area contributed by atoms with E-state index in [0.29, 0.717) is 10.8 Å². The molecule has 0 bridgehead atoms. The first-order valence-corrected chi connectivity index (χ1v) is 7.57. The van der Waals surface area contributed by atoms with Gasteiger partial charge in [-0.25, -0.2) is 0 Å². The first-order valence-electron chi connectivity index (χ1n) is 6.58. The molecular formula is C13H27NS. The van der Waals surface area contributed by atoms with Crippen molar-refractivity contribution in [3.05, 3.63) is 0 Å². The van der Waals surface area contributed by atoms with Gasteiger partial charge in [-0.05, 0) is 31.9 Å². The Morgan fingerprint density at radius 2 is 2.00 bits per heavy atom. The molecule has 2 atom stereocenters. The topological polar surface area (TPSA) is 26.0 Å². The minimum Gasteiger partial charge on any atom is -0.326 e. The molecule has 15 heavy (non-hydrogen) atoms. The first-order chi connectivity index (χ1) is 7.19. The zero-order chi connectivity index (χ0) is 11.1. The van der Waals surface area contributed by atoms with Crippen molar-refractivity contribution in [2.45, 2.75) is 76.0 Å². The lowest BCUT2D eigenvalue weighted by atomic mass is 9.92. The minimum atomic E-state index is 0.394.